The largest absolute Gasteiger partial charge is 0.379 e. The van der Waals surface area contributed by atoms with Crippen LogP contribution < -0.4 is 11.1 Å². The second kappa shape index (κ2) is 6.15. The van der Waals surface area contributed by atoms with Gasteiger partial charge >= 0.3 is 5.69 Å². The Kier molecular flexibility index (Phi) is 4.51. The van der Waals surface area contributed by atoms with Gasteiger partial charge in [-0.1, -0.05) is 15.9 Å². The highest BCUT2D eigenvalue weighted by Gasteiger charge is 2.18. The Morgan fingerprint density at radius 3 is 2.95 bits per heavy atom. The zero-order valence-corrected chi connectivity index (χ0v) is 12.6. The fraction of sp³-hybridized carbons (Fsp3) is 0.308. The van der Waals surface area contributed by atoms with Crippen molar-refractivity contribution in [2.45, 2.75) is 19.4 Å². The molecule has 2 aromatic rings. The van der Waals surface area contributed by atoms with Gasteiger partial charge in [0.1, 0.15) is 11.9 Å². The average Bonchev–Trinajstić information content (AvgIpc) is 2.38. The Labute approximate surface area is 124 Å². The Bertz CT molecular complexity index is 646. The maximum absolute atomic E-state index is 11.1. The van der Waals surface area contributed by atoms with Crippen molar-refractivity contribution in [3.63, 3.8) is 0 Å². The molecule has 0 fully saturated rings. The first-order chi connectivity index (χ1) is 9.49. The Hall–Kier alpha value is -1.73. The molecule has 0 amide bonds. The predicted molar refractivity (Wildman–Crippen MR) is 82.9 cm³/mol. The molecule has 20 heavy (non-hydrogen) atoms. The monoisotopic (exact) mass is 338 g/mol. The number of nitrogens with two attached hydrogens (primary N) is 1. The van der Waals surface area contributed by atoms with Crippen molar-refractivity contribution in [1.29, 1.82) is 0 Å². The molecule has 1 aromatic carbocycles. The van der Waals surface area contributed by atoms with Gasteiger partial charge in [0.25, 0.3) is 0 Å². The summed E-state index contributed by atoms with van der Waals surface area (Å²) in [5, 5.41) is 15.0. The molecule has 2 rings (SSSR count). The molecule has 0 aliphatic carbocycles. The lowest BCUT2D eigenvalue weighted by molar-refractivity contribution is -0.384. The van der Waals surface area contributed by atoms with Crippen LogP contribution in [0.15, 0.2) is 28.9 Å². The van der Waals surface area contributed by atoms with E-state index < -0.39 is 4.92 Å². The van der Waals surface area contributed by atoms with Crippen LogP contribution in [0, 0.1) is 10.1 Å². The molecule has 1 unspecified atom stereocenters. The Balaban J connectivity index is 2.47. The number of fused-ring (bicyclic) bond motifs is 1. The van der Waals surface area contributed by atoms with Gasteiger partial charge in [0.15, 0.2) is 0 Å². The molecule has 0 saturated heterocycles. The number of halogens is 1. The van der Waals surface area contributed by atoms with Gasteiger partial charge < -0.3 is 11.1 Å². The number of anilines is 1. The molecule has 1 aromatic heterocycles. The van der Waals surface area contributed by atoms with Crippen molar-refractivity contribution in [2.75, 3.05) is 11.9 Å². The molecular formula is C13H15BrN4O2. The van der Waals surface area contributed by atoms with E-state index in [1.54, 1.807) is 0 Å². The van der Waals surface area contributed by atoms with Gasteiger partial charge in [0.05, 0.1) is 10.4 Å². The van der Waals surface area contributed by atoms with Crippen LogP contribution in [-0.2, 0) is 0 Å². The summed E-state index contributed by atoms with van der Waals surface area (Å²) in [5.41, 5.74) is 6.87. The number of nitro groups is 1. The minimum atomic E-state index is -0.429. The fourth-order valence-corrected chi connectivity index (χ4v) is 2.26. The third kappa shape index (κ3) is 3.23. The molecule has 0 radical (unpaired) electrons. The van der Waals surface area contributed by atoms with Crippen LogP contribution in [0.3, 0.4) is 0 Å². The smallest absolute Gasteiger partial charge is 0.311 e. The summed E-state index contributed by atoms with van der Waals surface area (Å²) in [4.78, 5) is 14.8. The number of hydrogen-bond acceptors (Lipinski definition) is 5. The van der Waals surface area contributed by atoms with Crippen molar-refractivity contribution in [3.8, 4) is 0 Å². The van der Waals surface area contributed by atoms with E-state index in [1.165, 1.54) is 6.20 Å². The van der Waals surface area contributed by atoms with Gasteiger partial charge in [-0.2, -0.15) is 0 Å². The van der Waals surface area contributed by atoms with Crippen LogP contribution in [-0.4, -0.2) is 22.5 Å². The highest BCUT2D eigenvalue weighted by molar-refractivity contribution is 9.10. The summed E-state index contributed by atoms with van der Waals surface area (Å²) in [5.74, 6) is 0. The zero-order valence-electron chi connectivity index (χ0n) is 11.0. The van der Waals surface area contributed by atoms with E-state index in [1.807, 2.05) is 25.1 Å². The molecular weight excluding hydrogens is 324 g/mol. The van der Waals surface area contributed by atoms with Crippen molar-refractivity contribution in [1.82, 2.24) is 4.98 Å². The number of benzene rings is 1. The molecule has 7 heteroatoms. The quantitative estimate of drug-likeness (QED) is 0.645. The SMILES string of the molecule is CC(N)CCNc1c([N+](=O)[O-])cnc2ccc(Br)cc12. The first-order valence-electron chi connectivity index (χ1n) is 6.21. The zero-order chi connectivity index (χ0) is 14.7. The average molecular weight is 339 g/mol. The summed E-state index contributed by atoms with van der Waals surface area (Å²) >= 11 is 3.37. The van der Waals surface area contributed by atoms with Crippen molar-refractivity contribution < 1.29 is 4.92 Å². The fourth-order valence-electron chi connectivity index (χ4n) is 1.90. The molecule has 6 nitrogen and oxygen atoms in total. The standard InChI is InChI=1S/C13H15BrN4O2/c1-8(15)4-5-16-13-10-6-9(14)2-3-11(10)17-7-12(13)18(19)20/h2-3,6-8H,4-5,15H2,1H3,(H,16,17). The normalized spacial score (nSPS) is 12.3. The minimum Gasteiger partial charge on any atom is -0.379 e. The van der Waals surface area contributed by atoms with E-state index in [0.717, 1.165) is 16.3 Å². The highest BCUT2D eigenvalue weighted by Crippen LogP contribution is 2.33. The lowest BCUT2D eigenvalue weighted by Crippen LogP contribution is -2.19. The lowest BCUT2D eigenvalue weighted by atomic mass is 10.1. The van der Waals surface area contributed by atoms with Gasteiger partial charge in [-0.15, -0.1) is 0 Å². The van der Waals surface area contributed by atoms with Crippen LogP contribution >= 0.6 is 15.9 Å². The van der Waals surface area contributed by atoms with Crippen molar-refractivity contribution in [3.05, 3.63) is 39.0 Å². The summed E-state index contributed by atoms with van der Waals surface area (Å²) < 4.78 is 0.850. The number of nitrogens with zero attached hydrogens (tertiary/aromatic N) is 2. The van der Waals surface area contributed by atoms with E-state index in [0.29, 0.717) is 17.7 Å². The molecule has 0 saturated carbocycles. The van der Waals surface area contributed by atoms with E-state index in [2.05, 4.69) is 26.2 Å². The van der Waals surface area contributed by atoms with Gasteiger partial charge in [0, 0.05) is 22.4 Å². The van der Waals surface area contributed by atoms with Gasteiger partial charge in [-0.3, -0.25) is 10.1 Å². The van der Waals surface area contributed by atoms with Crippen LogP contribution in [0.25, 0.3) is 10.9 Å². The molecule has 1 heterocycles. The summed E-state index contributed by atoms with van der Waals surface area (Å²) in [7, 11) is 0. The second-order valence-electron chi connectivity index (χ2n) is 4.63. The molecule has 106 valence electrons. The maximum Gasteiger partial charge on any atom is 0.311 e. The topological polar surface area (TPSA) is 94.1 Å². The molecule has 3 N–H and O–H groups in total. The summed E-state index contributed by atoms with van der Waals surface area (Å²) in [6.07, 6.45) is 2.01. The minimum absolute atomic E-state index is 0.0275. The molecule has 0 spiro atoms. The Morgan fingerprint density at radius 2 is 2.30 bits per heavy atom. The number of nitrogens with one attached hydrogen (secondary N) is 1. The molecule has 0 bridgehead atoms. The Morgan fingerprint density at radius 1 is 1.55 bits per heavy atom. The van der Waals surface area contributed by atoms with Gasteiger partial charge in [-0.25, -0.2) is 4.98 Å². The third-order valence-corrected chi connectivity index (χ3v) is 3.40. The number of hydrogen-bond donors (Lipinski definition) is 2. The van der Waals surface area contributed by atoms with Gasteiger partial charge in [-0.05, 0) is 31.5 Å². The van der Waals surface area contributed by atoms with Crippen molar-refractivity contribution >= 4 is 38.2 Å². The predicted octanol–water partition coefficient (Wildman–Crippen LogP) is 3.05. The van der Waals surface area contributed by atoms with Crippen LogP contribution in [0.1, 0.15) is 13.3 Å². The number of rotatable bonds is 5. The second-order valence-corrected chi connectivity index (χ2v) is 5.55. The molecule has 1 atom stereocenters. The van der Waals surface area contributed by atoms with E-state index in [9.17, 15) is 10.1 Å². The van der Waals surface area contributed by atoms with E-state index in [4.69, 9.17) is 5.73 Å². The van der Waals surface area contributed by atoms with Gasteiger partial charge in [0.2, 0.25) is 0 Å². The number of pyridine rings is 1. The van der Waals surface area contributed by atoms with Crippen LogP contribution in [0.2, 0.25) is 0 Å². The third-order valence-electron chi connectivity index (χ3n) is 2.91. The van der Waals surface area contributed by atoms with Crippen LogP contribution in [0.5, 0.6) is 0 Å². The lowest BCUT2D eigenvalue weighted by Gasteiger charge is -2.11. The van der Waals surface area contributed by atoms with E-state index >= 15 is 0 Å². The maximum atomic E-state index is 11.1. The summed E-state index contributed by atoms with van der Waals surface area (Å²) in [6, 6.07) is 5.54. The first kappa shape index (κ1) is 14.7. The van der Waals surface area contributed by atoms with Crippen molar-refractivity contribution in [2.24, 2.45) is 5.73 Å². The highest BCUT2D eigenvalue weighted by atomic mass is 79.9. The molecule has 0 aliphatic rings. The molecule has 0 aliphatic heterocycles. The van der Waals surface area contributed by atoms with E-state index in [-0.39, 0.29) is 11.7 Å². The first-order valence-corrected chi connectivity index (χ1v) is 7.00. The van der Waals surface area contributed by atoms with Crippen LogP contribution in [0.4, 0.5) is 11.4 Å². The number of aromatic nitrogens is 1. The summed E-state index contributed by atoms with van der Waals surface area (Å²) in [6.45, 7) is 2.47.